The maximum atomic E-state index is 14.0. The number of rotatable bonds is 7. The lowest BCUT2D eigenvalue weighted by Gasteiger charge is -2.31. The summed E-state index contributed by atoms with van der Waals surface area (Å²) in [5.74, 6) is -1.04. The Bertz CT molecular complexity index is 1160. The van der Waals surface area contributed by atoms with Crippen LogP contribution in [0.2, 0.25) is 0 Å². The summed E-state index contributed by atoms with van der Waals surface area (Å²) in [6.45, 7) is 3.56. The molecular formula is C22H26FN3O6S. The third kappa shape index (κ3) is 5.31. The third-order valence-corrected chi connectivity index (χ3v) is 7.90. The average molecular weight is 480 g/mol. The fourth-order valence-electron chi connectivity index (χ4n) is 3.84. The number of nitrogens with zero attached hydrogens (tertiary/aromatic N) is 2. The molecule has 0 aliphatic carbocycles. The first-order chi connectivity index (χ1) is 15.5. The highest BCUT2D eigenvalue weighted by Crippen LogP contribution is 2.29. The molecule has 1 saturated heterocycles. The molecule has 1 fully saturated rings. The number of sulfonamides is 1. The molecule has 3 rings (SSSR count). The predicted molar refractivity (Wildman–Crippen MR) is 119 cm³/mol. The van der Waals surface area contributed by atoms with Crippen molar-refractivity contribution >= 4 is 21.6 Å². The summed E-state index contributed by atoms with van der Waals surface area (Å²) < 4.78 is 46.2. The lowest BCUT2D eigenvalue weighted by Crippen LogP contribution is -2.43. The van der Waals surface area contributed by atoms with Gasteiger partial charge in [-0.15, -0.1) is 0 Å². The Morgan fingerprint density at radius 1 is 1.24 bits per heavy atom. The summed E-state index contributed by atoms with van der Waals surface area (Å²) in [5, 5.41) is 13.9. The first kappa shape index (κ1) is 24.6. The van der Waals surface area contributed by atoms with Crippen LogP contribution >= 0.6 is 0 Å². The lowest BCUT2D eigenvalue weighted by atomic mass is 9.96. The van der Waals surface area contributed by atoms with Crippen LogP contribution in [-0.4, -0.2) is 43.8 Å². The van der Waals surface area contributed by atoms with Gasteiger partial charge in [0.05, 0.1) is 23.0 Å². The number of carbonyl (C=O) groups excluding carboxylic acids is 1. The van der Waals surface area contributed by atoms with Gasteiger partial charge in [0.1, 0.15) is 0 Å². The Morgan fingerprint density at radius 3 is 2.48 bits per heavy atom. The van der Waals surface area contributed by atoms with Crippen molar-refractivity contribution in [3.63, 3.8) is 0 Å². The number of methoxy groups -OCH3 is 1. The van der Waals surface area contributed by atoms with Crippen LogP contribution in [0.5, 0.6) is 5.75 Å². The van der Waals surface area contributed by atoms with Gasteiger partial charge in [-0.25, -0.2) is 12.8 Å². The number of non-ortho nitro benzene ring substituents is 1. The molecule has 178 valence electrons. The topological polar surface area (TPSA) is 119 Å². The number of nitrogens with one attached hydrogen (secondary N) is 1. The Balaban J connectivity index is 1.64. The molecule has 0 saturated carbocycles. The molecule has 11 heteroatoms. The number of benzene rings is 2. The van der Waals surface area contributed by atoms with Crippen molar-refractivity contribution < 1.29 is 27.3 Å². The molecule has 1 unspecified atom stereocenters. The van der Waals surface area contributed by atoms with E-state index >= 15 is 0 Å². The fourth-order valence-corrected chi connectivity index (χ4v) is 5.56. The van der Waals surface area contributed by atoms with Gasteiger partial charge in [0, 0.05) is 31.1 Å². The molecule has 0 bridgehead atoms. The van der Waals surface area contributed by atoms with E-state index in [1.165, 1.54) is 35.7 Å². The van der Waals surface area contributed by atoms with Gasteiger partial charge in [-0.2, -0.15) is 4.31 Å². The van der Waals surface area contributed by atoms with Crippen molar-refractivity contribution in [2.75, 3.05) is 20.2 Å². The second-order valence-corrected chi connectivity index (χ2v) is 9.92. The van der Waals surface area contributed by atoms with E-state index in [1.54, 1.807) is 19.9 Å². The maximum absolute atomic E-state index is 14.0. The third-order valence-electron chi connectivity index (χ3n) is 5.86. The number of piperidine rings is 1. The molecular weight excluding hydrogens is 453 g/mol. The number of hydrogen-bond acceptors (Lipinski definition) is 6. The van der Waals surface area contributed by atoms with Crippen LogP contribution < -0.4 is 10.1 Å². The van der Waals surface area contributed by atoms with Gasteiger partial charge >= 0.3 is 0 Å². The van der Waals surface area contributed by atoms with Crippen molar-refractivity contribution in [1.29, 1.82) is 0 Å². The number of aryl methyl sites for hydroxylation is 1. The van der Waals surface area contributed by atoms with Gasteiger partial charge in [-0.1, -0.05) is 12.1 Å². The van der Waals surface area contributed by atoms with Crippen LogP contribution in [0.15, 0.2) is 41.3 Å². The van der Waals surface area contributed by atoms with Crippen LogP contribution in [0.1, 0.15) is 36.9 Å². The van der Waals surface area contributed by atoms with Crippen molar-refractivity contribution in [1.82, 2.24) is 9.62 Å². The van der Waals surface area contributed by atoms with Gasteiger partial charge in [0.2, 0.25) is 15.9 Å². The number of ether oxygens (including phenoxy) is 1. The van der Waals surface area contributed by atoms with E-state index < -0.39 is 32.7 Å². The fraction of sp³-hybridized carbons (Fsp3) is 0.409. The summed E-state index contributed by atoms with van der Waals surface area (Å²) in [6.07, 6.45) is 0.617. The highest BCUT2D eigenvalue weighted by molar-refractivity contribution is 7.89. The quantitative estimate of drug-likeness (QED) is 0.481. The first-order valence-corrected chi connectivity index (χ1v) is 11.9. The molecule has 0 radical (unpaired) electrons. The van der Waals surface area contributed by atoms with E-state index in [9.17, 15) is 27.7 Å². The minimum atomic E-state index is -3.93. The Hall–Kier alpha value is -3.05. The first-order valence-electron chi connectivity index (χ1n) is 10.4. The standard InChI is InChI=1S/C22H26FN3O6S/c1-14-4-6-18(26(28)29)13-21(14)33(30,31)25-10-8-16(9-11-25)22(27)24-15(2)17-5-7-20(32-3)19(23)12-17/h4-7,12-13,15-16H,8-11H2,1-3H3,(H,24,27). The molecule has 2 aromatic rings. The Kier molecular flexibility index (Phi) is 7.33. The molecule has 1 heterocycles. The van der Waals surface area contributed by atoms with Crippen molar-refractivity contribution in [3.8, 4) is 5.75 Å². The SMILES string of the molecule is COc1ccc(C(C)NC(=O)C2CCN(S(=O)(=O)c3cc([N+](=O)[O-])ccc3C)CC2)cc1F. The average Bonchev–Trinajstić information content (AvgIpc) is 2.79. The van der Waals surface area contributed by atoms with Gasteiger partial charge in [0.15, 0.2) is 11.6 Å². The zero-order valence-corrected chi connectivity index (χ0v) is 19.4. The largest absolute Gasteiger partial charge is 0.494 e. The van der Waals surface area contributed by atoms with E-state index in [4.69, 9.17) is 4.74 Å². The molecule has 0 spiro atoms. The van der Waals surface area contributed by atoms with Gasteiger partial charge in [-0.05, 0) is 49.9 Å². The Labute approximate surface area is 191 Å². The van der Waals surface area contributed by atoms with Crippen LogP contribution in [0.25, 0.3) is 0 Å². The van der Waals surface area contributed by atoms with E-state index in [0.29, 0.717) is 24.0 Å². The highest BCUT2D eigenvalue weighted by atomic mass is 32.2. The Morgan fingerprint density at radius 2 is 1.91 bits per heavy atom. The lowest BCUT2D eigenvalue weighted by molar-refractivity contribution is -0.385. The smallest absolute Gasteiger partial charge is 0.270 e. The van der Waals surface area contributed by atoms with Crippen molar-refractivity contribution in [2.24, 2.45) is 5.92 Å². The zero-order valence-electron chi connectivity index (χ0n) is 18.6. The molecule has 1 aliphatic heterocycles. The normalized spacial score (nSPS) is 16.2. The van der Waals surface area contributed by atoms with E-state index in [2.05, 4.69) is 5.32 Å². The highest BCUT2D eigenvalue weighted by Gasteiger charge is 2.34. The molecule has 1 N–H and O–H groups in total. The molecule has 0 aromatic heterocycles. The number of nitro benzene ring substituents is 1. The van der Waals surface area contributed by atoms with Crippen LogP contribution in [0, 0.1) is 28.8 Å². The summed E-state index contributed by atoms with van der Waals surface area (Å²) in [4.78, 5) is 23.0. The molecule has 1 atom stereocenters. The maximum Gasteiger partial charge on any atom is 0.270 e. The second-order valence-electron chi connectivity index (χ2n) is 8.01. The van der Waals surface area contributed by atoms with Crippen molar-refractivity contribution in [2.45, 2.75) is 37.6 Å². The number of nitro groups is 1. The van der Waals surface area contributed by atoms with Crippen LogP contribution in [-0.2, 0) is 14.8 Å². The molecule has 9 nitrogen and oxygen atoms in total. The second kappa shape index (κ2) is 9.84. The number of hydrogen-bond donors (Lipinski definition) is 1. The molecule has 33 heavy (non-hydrogen) atoms. The summed E-state index contributed by atoms with van der Waals surface area (Å²) in [5.41, 5.74) is 0.709. The van der Waals surface area contributed by atoms with Gasteiger partial charge < -0.3 is 10.1 Å². The number of amides is 1. The van der Waals surface area contributed by atoms with Crippen LogP contribution in [0.3, 0.4) is 0 Å². The zero-order chi connectivity index (χ0) is 24.3. The minimum Gasteiger partial charge on any atom is -0.494 e. The van der Waals surface area contributed by atoms with Crippen LogP contribution in [0.4, 0.5) is 10.1 Å². The summed E-state index contributed by atoms with van der Waals surface area (Å²) in [6, 6.07) is 7.78. The number of halogens is 1. The minimum absolute atomic E-state index is 0.102. The van der Waals surface area contributed by atoms with Crippen molar-refractivity contribution in [3.05, 3.63) is 63.5 Å². The summed E-state index contributed by atoms with van der Waals surface area (Å²) >= 11 is 0. The van der Waals surface area contributed by atoms with E-state index in [1.807, 2.05) is 0 Å². The molecule has 1 amide bonds. The predicted octanol–water partition coefficient (Wildman–Crippen LogP) is 3.33. The summed E-state index contributed by atoms with van der Waals surface area (Å²) in [7, 11) is -2.56. The van der Waals surface area contributed by atoms with E-state index in [-0.39, 0.29) is 35.3 Å². The monoisotopic (exact) mass is 479 g/mol. The van der Waals surface area contributed by atoms with E-state index in [0.717, 1.165) is 6.07 Å². The van der Waals surface area contributed by atoms with Gasteiger partial charge in [0.25, 0.3) is 5.69 Å². The number of carbonyl (C=O) groups is 1. The van der Waals surface area contributed by atoms with Gasteiger partial charge in [-0.3, -0.25) is 14.9 Å². The molecule has 2 aromatic carbocycles. The molecule has 1 aliphatic rings.